The Morgan fingerprint density at radius 2 is 1.41 bits per heavy atom. The van der Waals surface area contributed by atoms with Crippen LogP contribution in [0.4, 0.5) is 4.79 Å². The van der Waals surface area contributed by atoms with Crippen molar-refractivity contribution in [1.82, 2.24) is 9.78 Å². The second kappa shape index (κ2) is 11.0. The molecule has 0 atom stereocenters. The van der Waals surface area contributed by atoms with Crippen molar-refractivity contribution >= 4 is 18.1 Å². The molecule has 1 aromatic heterocycles. The lowest BCUT2D eigenvalue weighted by Gasteiger charge is -2.20. The summed E-state index contributed by atoms with van der Waals surface area (Å²) in [5.74, 6) is -1.48. The molecule has 3 rings (SSSR count). The van der Waals surface area contributed by atoms with E-state index in [1.54, 1.807) is 51.1 Å². The number of esters is 2. The molecule has 11 heteroatoms. The largest absolute Gasteiger partial charge is 0.514 e. The minimum Gasteiger partial charge on any atom is -0.493 e. The fourth-order valence-corrected chi connectivity index (χ4v) is 3.43. The summed E-state index contributed by atoms with van der Waals surface area (Å²) in [5, 5.41) is 4.55. The Kier molecular flexibility index (Phi) is 8.06. The van der Waals surface area contributed by atoms with Gasteiger partial charge < -0.3 is 28.4 Å². The molecule has 37 heavy (non-hydrogen) atoms. The van der Waals surface area contributed by atoms with E-state index in [-0.39, 0.29) is 34.2 Å². The van der Waals surface area contributed by atoms with Crippen molar-refractivity contribution in [2.24, 2.45) is 0 Å². The molecule has 0 N–H and O–H groups in total. The van der Waals surface area contributed by atoms with Crippen LogP contribution in [0.1, 0.15) is 41.6 Å². The molecule has 0 saturated carbocycles. The van der Waals surface area contributed by atoms with E-state index in [0.717, 1.165) is 0 Å². The highest BCUT2D eigenvalue weighted by Gasteiger charge is 2.32. The Bertz CT molecular complexity index is 1280. The third kappa shape index (κ3) is 5.83. The fourth-order valence-electron chi connectivity index (χ4n) is 3.43. The number of carbonyl (C=O) groups excluding carboxylic acids is 3. The Labute approximate surface area is 213 Å². The van der Waals surface area contributed by atoms with Gasteiger partial charge in [-0.2, -0.15) is 5.10 Å². The maximum Gasteiger partial charge on any atom is 0.514 e. The van der Waals surface area contributed by atoms with Gasteiger partial charge in [0, 0.05) is 5.56 Å². The number of rotatable bonds is 7. The molecule has 0 spiro atoms. The standard InChI is InChI=1S/C26H28N2O9/c1-26(2,3)37-25(31)36-22-17(32-4)13-15(14-18(22)33-5)20-19(23(29)34-6)21(24(30)35-7)28(27-20)16-11-9-8-10-12-16/h8-14H,1-7H3. The maximum atomic E-state index is 12.9. The lowest BCUT2D eigenvalue weighted by Crippen LogP contribution is -2.26. The molecule has 11 nitrogen and oxygen atoms in total. The summed E-state index contributed by atoms with van der Waals surface area (Å²) >= 11 is 0. The van der Waals surface area contributed by atoms with E-state index in [0.29, 0.717) is 11.3 Å². The summed E-state index contributed by atoms with van der Waals surface area (Å²) in [4.78, 5) is 38.1. The van der Waals surface area contributed by atoms with Gasteiger partial charge in [-0.3, -0.25) is 0 Å². The first-order valence-corrected chi connectivity index (χ1v) is 11.1. The predicted molar refractivity (Wildman–Crippen MR) is 132 cm³/mol. The smallest absolute Gasteiger partial charge is 0.493 e. The Balaban J connectivity index is 2.27. The second-order valence-corrected chi connectivity index (χ2v) is 8.58. The van der Waals surface area contributed by atoms with Gasteiger partial charge in [0.15, 0.2) is 17.2 Å². The minimum absolute atomic E-state index is 0.0432. The highest BCUT2D eigenvalue weighted by Crippen LogP contribution is 2.43. The van der Waals surface area contributed by atoms with Crippen LogP contribution in [-0.2, 0) is 14.2 Å². The van der Waals surface area contributed by atoms with Crippen LogP contribution >= 0.6 is 0 Å². The predicted octanol–water partition coefficient (Wildman–Crippen LogP) is 4.44. The molecule has 0 aliphatic rings. The first-order chi connectivity index (χ1) is 17.5. The fraction of sp³-hybridized carbons (Fsp3) is 0.308. The third-order valence-electron chi connectivity index (χ3n) is 4.96. The summed E-state index contributed by atoms with van der Waals surface area (Å²) in [6, 6.07) is 11.7. The normalized spacial score (nSPS) is 10.9. The third-order valence-corrected chi connectivity index (χ3v) is 4.96. The molecule has 0 aliphatic heterocycles. The highest BCUT2D eigenvalue weighted by molar-refractivity contribution is 6.07. The lowest BCUT2D eigenvalue weighted by molar-refractivity contribution is 0.0195. The molecule has 0 saturated heterocycles. The molecule has 0 radical (unpaired) electrons. The quantitative estimate of drug-likeness (QED) is 0.255. The van der Waals surface area contributed by atoms with Crippen molar-refractivity contribution in [2.75, 3.05) is 28.4 Å². The van der Waals surface area contributed by atoms with Gasteiger partial charge >= 0.3 is 18.1 Å². The van der Waals surface area contributed by atoms with Gasteiger partial charge in [-0.15, -0.1) is 0 Å². The first-order valence-electron chi connectivity index (χ1n) is 11.1. The van der Waals surface area contributed by atoms with Crippen molar-refractivity contribution in [3.63, 3.8) is 0 Å². The van der Waals surface area contributed by atoms with E-state index in [1.165, 1.54) is 45.3 Å². The summed E-state index contributed by atoms with van der Waals surface area (Å²) in [6.45, 7) is 5.09. The SMILES string of the molecule is COC(=O)c1c(-c2cc(OC)c(OC(=O)OC(C)(C)C)c(OC)c2)nn(-c2ccccc2)c1C(=O)OC. The lowest BCUT2D eigenvalue weighted by atomic mass is 10.0. The summed E-state index contributed by atoms with van der Waals surface area (Å²) in [7, 11) is 5.11. The van der Waals surface area contributed by atoms with Crippen LogP contribution < -0.4 is 14.2 Å². The number of benzene rings is 2. The van der Waals surface area contributed by atoms with Crippen molar-refractivity contribution in [2.45, 2.75) is 26.4 Å². The molecule has 0 unspecified atom stereocenters. The van der Waals surface area contributed by atoms with Crippen molar-refractivity contribution < 1.29 is 42.8 Å². The Hall–Kier alpha value is -4.54. The molecule has 0 fully saturated rings. The molecule has 196 valence electrons. The summed E-state index contributed by atoms with van der Waals surface area (Å²) < 4.78 is 32.7. The topological polar surface area (TPSA) is 124 Å². The number of methoxy groups -OCH3 is 4. The molecule has 0 aliphatic carbocycles. The monoisotopic (exact) mass is 512 g/mol. The van der Waals surface area contributed by atoms with Gasteiger partial charge in [0.1, 0.15) is 16.9 Å². The average molecular weight is 513 g/mol. The van der Waals surface area contributed by atoms with Gasteiger partial charge in [0.25, 0.3) is 0 Å². The highest BCUT2D eigenvalue weighted by atomic mass is 16.7. The number of ether oxygens (including phenoxy) is 6. The Morgan fingerprint density at radius 3 is 1.89 bits per heavy atom. The van der Waals surface area contributed by atoms with E-state index >= 15 is 0 Å². The minimum atomic E-state index is -0.964. The number of hydrogen-bond acceptors (Lipinski definition) is 10. The van der Waals surface area contributed by atoms with Gasteiger partial charge in [0.2, 0.25) is 5.75 Å². The number of para-hydroxylation sites is 1. The number of nitrogens with zero attached hydrogens (tertiary/aromatic N) is 2. The van der Waals surface area contributed by atoms with E-state index in [1.807, 2.05) is 0 Å². The van der Waals surface area contributed by atoms with Crippen LogP contribution in [0.25, 0.3) is 16.9 Å². The number of hydrogen-bond donors (Lipinski definition) is 0. The Morgan fingerprint density at radius 1 is 0.838 bits per heavy atom. The van der Waals surface area contributed by atoms with Gasteiger partial charge in [-0.05, 0) is 45.0 Å². The van der Waals surface area contributed by atoms with Crippen molar-refractivity contribution in [3.05, 3.63) is 53.7 Å². The molecule has 0 amide bonds. The maximum absolute atomic E-state index is 12.9. The van der Waals surface area contributed by atoms with Crippen molar-refractivity contribution in [3.8, 4) is 34.2 Å². The van der Waals surface area contributed by atoms with Gasteiger partial charge in [0.05, 0.1) is 34.1 Å². The van der Waals surface area contributed by atoms with E-state index in [2.05, 4.69) is 5.10 Å². The average Bonchev–Trinajstić information content (AvgIpc) is 3.28. The zero-order valence-electron chi connectivity index (χ0n) is 21.6. The van der Waals surface area contributed by atoms with Crippen molar-refractivity contribution in [1.29, 1.82) is 0 Å². The number of carbonyl (C=O) groups is 3. The first kappa shape index (κ1) is 27.1. The zero-order chi connectivity index (χ0) is 27.3. The molecule has 2 aromatic carbocycles. The van der Waals surface area contributed by atoms with Crippen LogP contribution in [-0.4, -0.2) is 61.9 Å². The van der Waals surface area contributed by atoms with Crippen LogP contribution in [0.15, 0.2) is 42.5 Å². The van der Waals surface area contributed by atoms with Gasteiger partial charge in [-0.25, -0.2) is 19.1 Å². The molecular formula is C26H28N2O9. The van der Waals surface area contributed by atoms with Gasteiger partial charge in [-0.1, -0.05) is 18.2 Å². The van der Waals surface area contributed by atoms with E-state index in [4.69, 9.17) is 28.4 Å². The summed E-state index contributed by atoms with van der Waals surface area (Å²) in [6.07, 6.45) is -0.964. The zero-order valence-corrected chi connectivity index (χ0v) is 21.6. The van der Waals surface area contributed by atoms with Crippen LogP contribution in [0.2, 0.25) is 0 Å². The second-order valence-electron chi connectivity index (χ2n) is 8.58. The summed E-state index contributed by atoms with van der Waals surface area (Å²) in [5.41, 5.74) is -0.169. The van der Waals surface area contributed by atoms with Crippen LogP contribution in [0, 0.1) is 0 Å². The molecular weight excluding hydrogens is 484 g/mol. The molecule has 0 bridgehead atoms. The van der Waals surface area contributed by atoms with E-state index < -0.39 is 23.7 Å². The van der Waals surface area contributed by atoms with Crippen LogP contribution in [0.5, 0.6) is 17.2 Å². The molecule has 1 heterocycles. The van der Waals surface area contributed by atoms with E-state index in [9.17, 15) is 14.4 Å². The number of aromatic nitrogens is 2. The van der Waals surface area contributed by atoms with Crippen LogP contribution in [0.3, 0.4) is 0 Å². The molecule has 3 aromatic rings.